The van der Waals surface area contributed by atoms with Crippen LogP contribution in [-0.4, -0.2) is 48.2 Å². The molecule has 0 radical (unpaired) electrons. The monoisotopic (exact) mass is 315 g/mol. The number of rotatable bonds is 4. The molecule has 23 heavy (non-hydrogen) atoms. The van der Waals surface area contributed by atoms with E-state index >= 15 is 0 Å². The summed E-state index contributed by atoms with van der Waals surface area (Å²) in [6.45, 7) is 5.59. The fourth-order valence-corrected chi connectivity index (χ4v) is 2.81. The molecule has 1 aromatic carbocycles. The zero-order chi connectivity index (χ0) is 16.2. The number of benzene rings is 1. The van der Waals surface area contributed by atoms with E-state index in [2.05, 4.69) is 5.32 Å². The number of carbonyl (C=O) groups excluding carboxylic acids is 1. The van der Waals surface area contributed by atoms with Gasteiger partial charge in [0.25, 0.3) is 5.56 Å². The summed E-state index contributed by atoms with van der Waals surface area (Å²) in [5, 5.41) is 4.64. The second-order valence-electron chi connectivity index (χ2n) is 5.56. The third kappa shape index (κ3) is 3.37. The molecule has 3 rings (SSSR count). The van der Waals surface area contributed by atoms with Crippen LogP contribution in [-0.2, 0) is 11.3 Å². The maximum atomic E-state index is 12.6. The van der Waals surface area contributed by atoms with Crippen LogP contribution in [0.15, 0.2) is 35.3 Å². The molecule has 1 amide bonds. The Morgan fingerprint density at radius 2 is 2.04 bits per heavy atom. The van der Waals surface area contributed by atoms with Crippen molar-refractivity contribution in [1.82, 2.24) is 14.8 Å². The Morgan fingerprint density at radius 1 is 1.26 bits per heavy atom. The van der Waals surface area contributed by atoms with Gasteiger partial charge in [-0.1, -0.05) is 0 Å². The SMILES string of the molecule is CCOc1ccc2c(=O)n(CC(=O)N3CCNCC3)ccc2c1. The lowest BCUT2D eigenvalue weighted by molar-refractivity contribution is -0.132. The first-order valence-electron chi connectivity index (χ1n) is 7.93. The maximum absolute atomic E-state index is 12.6. The number of nitrogens with one attached hydrogen (secondary N) is 1. The smallest absolute Gasteiger partial charge is 0.258 e. The van der Waals surface area contributed by atoms with Gasteiger partial charge in [0.15, 0.2) is 0 Å². The van der Waals surface area contributed by atoms with Crippen molar-refractivity contribution >= 4 is 16.7 Å². The van der Waals surface area contributed by atoms with Gasteiger partial charge in [0.1, 0.15) is 12.3 Å². The van der Waals surface area contributed by atoms with Gasteiger partial charge >= 0.3 is 0 Å². The summed E-state index contributed by atoms with van der Waals surface area (Å²) in [5.74, 6) is 0.730. The largest absolute Gasteiger partial charge is 0.494 e. The van der Waals surface area contributed by atoms with E-state index in [-0.39, 0.29) is 18.0 Å². The molecule has 1 aliphatic heterocycles. The molecular formula is C17H21N3O3. The molecule has 122 valence electrons. The Kier molecular flexibility index (Phi) is 4.62. The number of piperazine rings is 1. The Balaban J connectivity index is 1.84. The van der Waals surface area contributed by atoms with Gasteiger partial charge in [-0.3, -0.25) is 9.59 Å². The van der Waals surface area contributed by atoms with Crippen LogP contribution >= 0.6 is 0 Å². The fraction of sp³-hybridized carbons (Fsp3) is 0.412. The van der Waals surface area contributed by atoms with Crippen molar-refractivity contribution in [3.05, 3.63) is 40.8 Å². The van der Waals surface area contributed by atoms with Gasteiger partial charge in [-0.2, -0.15) is 0 Å². The highest BCUT2D eigenvalue weighted by Crippen LogP contribution is 2.18. The molecule has 0 unspecified atom stereocenters. The van der Waals surface area contributed by atoms with Gasteiger partial charge < -0.3 is 19.5 Å². The summed E-state index contributed by atoms with van der Waals surface area (Å²) >= 11 is 0. The summed E-state index contributed by atoms with van der Waals surface area (Å²) in [6.07, 6.45) is 1.68. The standard InChI is InChI=1S/C17H21N3O3/c1-2-23-14-3-4-15-13(11-14)5-8-20(17(15)22)12-16(21)19-9-6-18-7-10-19/h3-5,8,11,18H,2,6-7,9-10,12H2,1H3. The van der Waals surface area contributed by atoms with Gasteiger partial charge in [-0.05, 0) is 36.6 Å². The maximum Gasteiger partial charge on any atom is 0.258 e. The van der Waals surface area contributed by atoms with Crippen molar-refractivity contribution < 1.29 is 9.53 Å². The lowest BCUT2D eigenvalue weighted by Gasteiger charge is -2.27. The zero-order valence-electron chi connectivity index (χ0n) is 13.2. The summed E-state index contributed by atoms with van der Waals surface area (Å²) in [6, 6.07) is 7.25. The minimum Gasteiger partial charge on any atom is -0.494 e. The van der Waals surface area contributed by atoms with Crippen LogP contribution in [0.25, 0.3) is 10.8 Å². The highest BCUT2D eigenvalue weighted by Gasteiger charge is 2.17. The van der Waals surface area contributed by atoms with Crippen molar-refractivity contribution in [3.8, 4) is 5.75 Å². The number of nitrogens with zero attached hydrogens (tertiary/aromatic N) is 2. The summed E-state index contributed by atoms with van der Waals surface area (Å²) in [7, 11) is 0. The first-order valence-corrected chi connectivity index (χ1v) is 7.93. The molecule has 1 fully saturated rings. The van der Waals surface area contributed by atoms with E-state index in [9.17, 15) is 9.59 Å². The van der Waals surface area contributed by atoms with Crippen molar-refractivity contribution in [2.45, 2.75) is 13.5 Å². The zero-order valence-corrected chi connectivity index (χ0v) is 13.2. The molecular weight excluding hydrogens is 294 g/mol. The molecule has 1 aromatic heterocycles. The number of amides is 1. The van der Waals surface area contributed by atoms with Gasteiger partial charge in [0.2, 0.25) is 5.91 Å². The summed E-state index contributed by atoms with van der Waals surface area (Å²) in [5.41, 5.74) is -0.144. The summed E-state index contributed by atoms with van der Waals surface area (Å²) in [4.78, 5) is 26.7. The number of aromatic nitrogens is 1. The fourth-order valence-electron chi connectivity index (χ4n) is 2.81. The minimum atomic E-state index is -0.144. The number of ether oxygens (including phenoxy) is 1. The second kappa shape index (κ2) is 6.83. The molecule has 0 bridgehead atoms. The second-order valence-corrected chi connectivity index (χ2v) is 5.56. The Bertz CT molecular complexity index is 763. The van der Waals surface area contributed by atoms with Crippen molar-refractivity contribution in [2.24, 2.45) is 0 Å². The van der Waals surface area contributed by atoms with Gasteiger partial charge in [-0.15, -0.1) is 0 Å². The molecule has 2 heterocycles. The number of fused-ring (bicyclic) bond motifs is 1. The Hall–Kier alpha value is -2.34. The number of carbonyl (C=O) groups is 1. The minimum absolute atomic E-state index is 0.0149. The quantitative estimate of drug-likeness (QED) is 0.908. The number of hydrogen-bond donors (Lipinski definition) is 1. The van der Waals surface area contributed by atoms with Crippen molar-refractivity contribution in [1.29, 1.82) is 0 Å². The van der Waals surface area contributed by atoms with Crippen LogP contribution in [0.3, 0.4) is 0 Å². The van der Waals surface area contributed by atoms with E-state index in [0.29, 0.717) is 25.1 Å². The molecule has 6 heteroatoms. The molecule has 2 aromatic rings. The molecule has 1 N–H and O–H groups in total. The lowest BCUT2D eigenvalue weighted by Crippen LogP contribution is -2.48. The molecule has 0 saturated carbocycles. The van der Waals surface area contributed by atoms with Crippen molar-refractivity contribution in [2.75, 3.05) is 32.8 Å². The number of hydrogen-bond acceptors (Lipinski definition) is 4. The molecule has 0 spiro atoms. The van der Waals surface area contributed by atoms with Gasteiger partial charge in [0.05, 0.1) is 6.61 Å². The first kappa shape index (κ1) is 15.6. The highest BCUT2D eigenvalue weighted by atomic mass is 16.5. The predicted octanol–water partition coefficient (Wildman–Crippen LogP) is 0.832. The number of pyridine rings is 1. The Labute approximate surface area is 134 Å². The van der Waals surface area contributed by atoms with Crippen LogP contribution in [0, 0.1) is 0 Å². The van der Waals surface area contributed by atoms with Gasteiger partial charge in [0, 0.05) is 37.8 Å². The molecule has 6 nitrogen and oxygen atoms in total. The van der Waals surface area contributed by atoms with E-state index in [1.165, 1.54) is 4.57 Å². The van der Waals surface area contributed by atoms with E-state index in [0.717, 1.165) is 24.2 Å². The van der Waals surface area contributed by atoms with Gasteiger partial charge in [-0.25, -0.2) is 0 Å². The van der Waals surface area contributed by atoms with E-state index in [1.54, 1.807) is 23.2 Å². The average molecular weight is 315 g/mol. The third-order valence-corrected chi connectivity index (χ3v) is 4.03. The molecule has 0 atom stereocenters. The molecule has 1 aliphatic rings. The van der Waals surface area contributed by atoms with Crippen LogP contribution in [0.2, 0.25) is 0 Å². The normalized spacial score (nSPS) is 14.9. The van der Waals surface area contributed by atoms with Crippen LogP contribution < -0.4 is 15.6 Å². The first-order chi connectivity index (χ1) is 11.2. The third-order valence-electron chi connectivity index (χ3n) is 4.03. The molecule has 0 aliphatic carbocycles. The van der Waals surface area contributed by atoms with Crippen LogP contribution in [0.4, 0.5) is 0 Å². The van der Waals surface area contributed by atoms with Crippen LogP contribution in [0.1, 0.15) is 6.92 Å². The predicted molar refractivity (Wildman–Crippen MR) is 88.8 cm³/mol. The topological polar surface area (TPSA) is 63.6 Å². The lowest BCUT2D eigenvalue weighted by atomic mass is 10.1. The van der Waals surface area contributed by atoms with Crippen LogP contribution in [0.5, 0.6) is 5.75 Å². The van der Waals surface area contributed by atoms with E-state index in [4.69, 9.17) is 4.74 Å². The average Bonchev–Trinajstić information content (AvgIpc) is 2.58. The molecule has 1 saturated heterocycles. The van der Waals surface area contributed by atoms with Crippen molar-refractivity contribution in [3.63, 3.8) is 0 Å². The van der Waals surface area contributed by atoms with E-state index in [1.807, 2.05) is 19.1 Å². The Morgan fingerprint density at radius 3 is 2.78 bits per heavy atom. The highest BCUT2D eigenvalue weighted by molar-refractivity contribution is 5.83. The summed E-state index contributed by atoms with van der Waals surface area (Å²) < 4.78 is 6.93. The van der Waals surface area contributed by atoms with E-state index < -0.39 is 0 Å².